The van der Waals surface area contributed by atoms with E-state index in [1.807, 2.05) is 33.8 Å². The number of rotatable bonds is 7. The first-order valence-corrected chi connectivity index (χ1v) is 12.5. The molecule has 0 unspecified atom stereocenters. The number of pyridine rings is 2. The average molecular weight is 506 g/mol. The van der Waals surface area contributed by atoms with E-state index in [-0.39, 0.29) is 35.5 Å². The lowest BCUT2D eigenvalue weighted by Gasteiger charge is -2.19. The zero-order chi connectivity index (χ0) is 26.9. The standard InChI is InChI=1S/C23H33N5O4S.C2H6/c1-13(2)33-17-10-14(3)28(21(30)20(17)24)12-19(29)25-11-16-8-9-18(26-15(16)4)27-22(31)32-23(5,6)7;1-2/h8-10,13H,11-12,24H2,1-7H3,(H,25,29)(H,26,27,31);1-2H3. The van der Waals surface area contributed by atoms with Gasteiger partial charge in [0.1, 0.15) is 23.7 Å². The highest BCUT2D eigenvalue weighted by atomic mass is 32.2. The summed E-state index contributed by atoms with van der Waals surface area (Å²) < 4.78 is 6.58. The minimum atomic E-state index is -0.609. The highest BCUT2D eigenvalue weighted by Crippen LogP contribution is 2.27. The SMILES string of the molecule is CC.Cc1nc(NC(=O)OC(C)(C)C)ccc1CNC(=O)Cn1c(C)cc(SC(C)C)c(N)c1=O. The van der Waals surface area contributed by atoms with Crippen LogP contribution in [0, 0.1) is 13.8 Å². The third kappa shape index (κ3) is 9.64. The number of carbonyl (C=O) groups is 2. The van der Waals surface area contributed by atoms with Crippen molar-refractivity contribution in [2.45, 2.75) is 91.1 Å². The summed E-state index contributed by atoms with van der Waals surface area (Å²) in [6.07, 6.45) is -0.589. The zero-order valence-electron chi connectivity index (χ0n) is 22.2. The van der Waals surface area contributed by atoms with Crippen LogP contribution in [0.1, 0.15) is 65.4 Å². The first-order chi connectivity index (χ1) is 16.3. The Hall–Kier alpha value is -3.01. The number of carbonyl (C=O) groups excluding carboxylic acids is 2. The van der Waals surface area contributed by atoms with Gasteiger partial charge in [0.2, 0.25) is 5.91 Å². The molecular weight excluding hydrogens is 466 g/mol. The quantitative estimate of drug-likeness (QED) is 0.468. The van der Waals surface area contributed by atoms with Crippen LogP contribution in [-0.2, 0) is 22.6 Å². The van der Waals surface area contributed by atoms with Gasteiger partial charge in [-0.15, -0.1) is 11.8 Å². The summed E-state index contributed by atoms with van der Waals surface area (Å²) in [5.74, 6) is 0.0352. The highest BCUT2D eigenvalue weighted by Gasteiger charge is 2.17. The van der Waals surface area contributed by atoms with Gasteiger partial charge in [-0.1, -0.05) is 33.8 Å². The third-order valence-electron chi connectivity index (χ3n) is 4.47. The molecule has 0 spiro atoms. The molecule has 2 heterocycles. The fraction of sp³-hybridized carbons (Fsp3) is 0.520. The van der Waals surface area contributed by atoms with Crippen LogP contribution in [0.25, 0.3) is 0 Å². The second-order valence-electron chi connectivity index (χ2n) is 8.97. The van der Waals surface area contributed by atoms with Gasteiger partial charge in [0.25, 0.3) is 5.56 Å². The molecule has 0 aromatic carbocycles. The Balaban J connectivity index is 0.00000298. The fourth-order valence-corrected chi connectivity index (χ4v) is 3.91. The third-order valence-corrected chi connectivity index (χ3v) is 5.53. The number of hydrogen-bond acceptors (Lipinski definition) is 7. The zero-order valence-corrected chi connectivity index (χ0v) is 23.1. The van der Waals surface area contributed by atoms with Crippen molar-refractivity contribution in [1.29, 1.82) is 0 Å². The second kappa shape index (κ2) is 13.2. The number of aryl methyl sites for hydroxylation is 2. The topological polar surface area (TPSA) is 128 Å². The van der Waals surface area contributed by atoms with Crippen LogP contribution >= 0.6 is 11.8 Å². The number of hydrogen-bond donors (Lipinski definition) is 3. The Morgan fingerprint density at radius 1 is 1.20 bits per heavy atom. The maximum absolute atomic E-state index is 12.7. The molecular formula is C25H39N5O4S. The summed E-state index contributed by atoms with van der Waals surface area (Å²) >= 11 is 1.52. The Bertz CT molecular complexity index is 1090. The van der Waals surface area contributed by atoms with Gasteiger partial charge in [-0.3, -0.25) is 14.9 Å². The van der Waals surface area contributed by atoms with E-state index in [2.05, 4.69) is 15.6 Å². The lowest BCUT2D eigenvalue weighted by Crippen LogP contribution is -2.34. The number of nitrogens with zero attached hydrogens (tertiary/aromatic N) is 2. The summed E-state index contributed by atoms with van der Waals surface area (Å²) in [6.45, 7) is 17.0. The second-order valence-corrected chi connectivity index (χ2v) is 10.6. The van der Waals surface area contributed by atoms with Crippen molar-refractivity contribution in [1.82, 2.24) is 14.9 Å². The molecule has 2 rings (SSSR count). The first-order valence-electron chi connectivity index (χ1n) is 11.7. The predicted molar refractivity (Wildman–Crippen MR) is 143 cm³/mol. The molecule has 0 aliphatic carbocycles. The number of nitrogen functional groups attached to an aromatic ring is 1. The first kappa shape index (κ1) is 30.0. The van der Waals surface area contributed by atoms with Gasteiger partial charge in [0.05, 0.1) is 0 Å². The van der Waals surface area contributed by atoms with Crippen LogP contribution in [0.2, 0.25) is 0 Å². The molecule has 0 bridgehead atoms. The lowest BCUT2D eigenvalue weighted by atomic mass is 10.2. The summed E-state index contributed by atoms with van der Waals surface area (Å²) in [4.78, 5) is 42.1. The van der Waals surface area contributed by atoms with Crippen molar-refractivity contribution in [2.75, 3.05) is 11.1 Å². The van der Waals surface area contributed by atoms with Crippen molar-refractivity contribution in [2.24, 2.45) is 0 Å². The minimum absolute atomic E-state index is 0.133. The number of aromatic nitrogens is 2. The van der Waals surface area contributed by atoms with E-state index >= 15 is 0 Å². The fourth-order valence-electron chi connectivity index (χ4n) is 2.95. The maximum Gasteiger partial charge on any atom is 0.413 e. The van der Waals surface area contributed by atoms with Crippen molar-refractivity contribution < 1.29 is 14.3 Å². The van der Waals surface area contributed by atoms with Crippen LogP contribution in [-0.4, -0.2) is 32.4 Å². The van der Waals surface area contributed by atoms with Gasteiger partial charge in [0.15, 0.2) is 0 Å². The molecule has 10 heteroatoms. The Morgan fingerprint density at radius 3 is 2.37 bits per heavy atom. The van der Waals surface area contributed by atoms with Crippen LogP contribution in [0.4, 0.5) is 16.3 Å². The molecule has 0 atom stereocenters. The van der Waals surface area contributed by atoms with Crippen LogP contribution in [0.3, 0.4) is 0 Å². The minimum Gasteiger partial charge on any atom is -0.444 e. The monoisotopic (exact) mass is 505 g/mol. The molecule has 35 heavy (non-hydrogen) atoms. The van der Waals surface area contributed by atoms with Gasteiger partial charge in [0, 0.05) is 28.1 Å². The number of thioether (sulfide) groups is 1. The molecule has 0 aliphatic heterocycles. The Kier molecular flexibility index (Phi) is 11.3. The van der Waals surface area contributed by atoms with Crippen molar-refractivity contribution in [3.63, 3.8) is 0 Å². The molecule has 2 amide bonds. The van der Waals surface area contributed by atoms with E-state index < -0.39 is 11.7 Å². The Morgan fingerprint density at radius 2 is 1.83 bits per heavy atom. The van der Waals surface area contributed by atoms with Gasteiger partial charge < -0.3 is 20.4 Å². The van der Waals surface area contributed by atoms with Gasteiger partial charge in [-0.2, -0.15) is 0 Å². The Labute approximate surface area is 212 Å². The lowest BCUT2D eigenvalue weighted by molar-refractivity contribution is -0.121. The predicted octanol–water partition coefficient (Wildman–Crippen LogP) is 4.63. The van der Waals surface area contributed by atoms with E-state index in [1.165, 1.54) is 16.3 Å². The number of nitrogens with one attached hydrogen (secondary N) is 2. The molecule has 0 fully saturated rings. The average Bonchev–Trinajstić information content (AvgIpc) is 2.74. The molecule has 4 N–H and O–H groups in total. The maximum atomic E-state index is 12.7. The highest BCUT2D eigenvalue weighted by molar-refractivity contribution is 8.00. The van der Waals surface area contributed by atoms with Crippen LogP contribution in [0.15, 0.2) is 27.9 Å². The molecule has 0 aliphatic rings. The number of anilines is 2. The van der Waals surface area contributed by atoms with Crippen LogP contribution < -0.4 is 21.9 Å². The molecule has 2 aromatic heterocycles. The van der Waals surface area contributed by atoms with Gasteiger partial charge in [-0.25, -0.2) is 9.78 Å². The smallest absolute Gasteiger partial charge is 0.413 e. The van der Waals surface area contributed by atoms with E-state index in [0.29, 0.717) is 17.2 Å². The van der Waals surface area contributed by atoms with E-state index in [1.54, 1.807) is 46.8 Å². The number of ether oxygens (including phenoxy) is 1. The van der Waals surface area contributed by atoms with Gasteiger partial charge >= 0.3 is 6.09 Å². The largest absolute Gasteiger partial charge is 0.444 e. The summed E-state index contributed by atoms with van der Waals surface area (Å²) in [7, 11) is 0. The van der Waals surface area contributed by atoms with Crippen molar-refractivity contribution in [3.8, 4) is 0 Å². The van der Waals surface area contributed by atoms with Crippen molar-refractivity contribution in [3.05, 3.63) is 45.5 Å². The summed E-state index contributed by atoms with van der Waals surface area (Å²) in [5, 5.41) is 5.68. The molecule has 9 nitrogen and oxygen atoms in total. The van der Waals surface area contributed by atoms with E-state index in [4.69, 9.17) is 10.5 Å². The molecule has 0 radical (unpaired) electrons. The van der Waals surface area contributed by atoms with E-state index in [0.717, 1.165) is 10.5 Å². The van der Waals surface area contributed by atoms with Crippen LogP contribution in [0.5, 0.6) is 0 Å². The van der Waals surface area contributed by atoms with Crippen molar-refractivity contribution >= 4 is 35.3 Å². The number of amides is 2. The van der Waals surface area contributed by atoms with Gasteiger partial charge in [-0.05, 0) is 52.3 Å². The molecule has 0 saturated heterocycles. The van der Waals surface area contributed by atoms with E-state index in [9.17, 15) is 14.4 Å². The number of nitrogens with two attached hydrogens (primary N) is 1. The summed E-state index contributed by atoms with van der Waals surface area (Å²) in [6, 6.07) is 5.24. The normalized spacial score (nSPS) is 10.9. The molecule has 0 saturated carbocycles. The molecule has 194 valence electrons. The molecule has 2 aromatic rings. The summed E-state index contributed by atoms with van der Waals surface area (Å²) in [5.41, 5.74) is 7.28.